The lowest BCUT2D eigenvalue weighted by Gasteiger charge is -1.94. The van der Waals surface area contributed by atoms with E-state index >= 15 is 0 Å². The Kier molecular flexibility index (Phi) is 3.58. The Hall–Kier alpha value is -2.15. The van der Waals surface area contributed by atoms with Gasteiger partial charge < -0.3 is 0 Å². The summed E-state index contributed by atoms with van der Waals surface area (Å²) in [6, 6.07) is 7.60. The minimum Gasteiger partial charge on any atom is -0.277 e. The molecule has 15 heavy (non-hydrogen) atoms. The summed E-state index contributed by atoms with van der Waals surface area (Å²) in [6.45, 7) is 1.22. The zero-order chi connectivity index (χ0) is 11.3. The molecule has 0 heterocycles. The number of nitro groups is 1. The van der Waals surface area contributed by atoms with Crippen LogP contribution in [-0.4, -0.2) is 16.7 Å². The molecule has 0 N–H and O–H groups in total. The van der Waals surface area contributed by atoms with Crippen molar-refractivity contribution in [2.24, 2.45) is 0 Å². The maximum Gasteiger partial charge on any atom is 0.279 e. The maximum absolute atomic E-state index is 11.1. The lowest BCUT2D eigenvalue weighted by Crippen LogP contribution is -2.24. The maximum atomic E-state index is 11.1. The average molecular weight is 203 g/mol. The fraction of sp³-hybridized carbons (Fsp3) is 0.182. The van der Waals surface area contributed by atoms with Crippen LogP contribution in [0.2, 0.25) is 0 Å². The molecule has 0 aliphatic heterocycles. The number of benzene rings is 1. The predicted molar refractivity (Wildman–Crippen MR) is 54.8 cm³/mol. The molecule has 1 unspecified atom stereocenters. The monoisotopic (exact) mass is 203 g/mol. The van der Waals surface area contributed by atoms with Crippen LogP contribution < -0.4 is 0 Å². The second-order valence-corrected chi connectivity index (χ2v) is 2.94. The van der Waals surface area contributed by atoms with Crippen molar-refractivity contribution in [1.82, 2.24) is 0 Å². The fourth-order valence-corrected chi connectivity index (χ4v) is 0.855. The molecule has 0 aliphatic carbocycles. The van der Waals surface area contributed by atoms with E-state index in [2.05, 4.69) is 11.8 Å². The Balaban J connectivity index is 2.75. The van der Waals surface area contributed by atoms with Crippen molar-refractivity contribution < 1.29 is 9.72 Å². The van der Waals surface area contributed by atoms with Gasteiger partial charge in [-0.3, -0.25) is 14.9 Å². The van der Waals surface area contributed by atoms with Crippen molar-refractivity contribution in [1.29, 1.82) is 0 Å². The molecule has 0 fully saturated rings. The molecule has 0 spiro atoms. The van der Waals surface area contributed by atoms with E-state index in [-0.39, 0.29) is 0 Å². The van der Waals surface area contributed by atoms with Crippen LogP contribution in [-0.2, 0) is 4.79 Å². The summed E-state index contributed by atoms with van der Waals surface area (Å²) in [6.07, 6.45) is 0. The van der Waals surface area contributed by atoms with Gasteiger partial charge in [0, 0.05) is 17.4 Å². The number of ketones is 1. The van der Waals surface area contributed by atoms with Crippen molar-refractivity contribution in [2.45, 2.75) is 13.0 Å². The molecule has 0 bridgehead atoms. The van der Waals surface area contributed by atoms with Gasteiger partial charge in [-0.05, 0) is 18.1 Å². The molecule has 0 saturated carbocycles. The van der Waals surface area contributed by atoms with Crippen LogP contribution in [0.3, 0.4) is 0 Å². The lowest BCUT2D eigenvalue weighted by molar-refractivity contribution is -0.502. The number of rotatable bonds is 2. The van der Waals surface area contributed by atoms with Gasteiger partial charge in [-0.2, -0.15) is 0 Å². The second kappa shape index (κ2) is 4.91. The van der Waals surface area contributed by atoms with Gasteiger partial charge in [-0.25, -0.2) is 0 Å². The first-order valence-electron chi connectivity index (χ1n) is 4.35. The lowest BCUT2D eigenvalue weighted by atomic mass is 10.2. The summed E-state index contributed by atoms with van der Waals surface area (Å²) in [5.74, 6) is 4.15. The smallest absolute Gasteiger partial charge is 0.277 e. The number of carbonyl (C=O) groups excluding carboxylic acids is 1. The average Bonchev–Trinajstić information content (AvgIpc) is 2.26. The van der Waals surface area contributed by atoms with E-state index in [4.69, 9.17) is 0 Å². The molecular weight excluding hydrogens is 194 g/mol. The van der Waals surface area contributed by atoms with Crippen LogP contribution in [0.5, 0.6) is 0 Å². The van der Waals surface area contributed by atoms with Crippen LogP contribution in [0.25, 0.3) is 0 Å². The third kappa shape index (κ3) is 3.24. The molecule has 0 saturated heterocycles. The molecule has 76 valence electrons. The highest BCUT2D eigenvalue weighted by Crippen LogP contribution is 1.95. The fourth-order valence-electron chi connectivity index (χ4n) is 0.855. The predicted octanol–water partition coefficient (Wildman–Crippen LogP) is 1.27. The number of Topliss-reactive ketones (excluding diaryl/α,β-unsaturated/α-hetero) is 1. The number of carbonyl (C=O) groups is 1. The summed E-state index contributed by atoms with van der Waals surface area (Å²) in [5, 5.41) is 10.3. The van der Waals surface area contributed by atoms with E-state index in [1.54, 1.807) is 24.3 Å². The quantitative estimate of drug-likeness (QED) is 0.413. The van der Waals surface area contributed by atoms with Gasteiger partial charge in [0.05, 0.1) is 0 Å². The van der Waals surface area contributed by atoms with Crippen molar-refractivity contribution in [3.63, 3.8) is 0 Å². The molecule has 0 aromatic heterocycles. The van der Waals surface area contributed by atoms with Gasteiger partial charge >= 0.3 is 0 Å². The molecule has 1 rings (SSSR count). The highest BCUT2D eigenvalue weighted by molar-refractivity contribution is 5.98. The zero-order valence-corrected chi connectivity index (χ0v) is 8.14. The highest BCUT2D eigenvalue weighted by atomic mass is 16.6. The summed E-state index contributed by atoms with van der Waals surface area (Å²) in [4.78, 5) is 20.8. The Morgan fingerprint density at radius 3 is 2.53 bits per heavy atom. The highest BCUT2D eigenvalue weighted by Gasteiger charge is 2.20. The van der Waals surface area contributed by atoms with E-state index in [9.17, 15) is 14.9 Å². The standard InChI is InChI=1S/C11H9NO3/c1-9(12(14)15)11(13)8-7-10-5-3-2-4-6-10/h2-6,9H,1H3. The Labute approximate surface area is 87.1 Å². The van der Waals surface area contributed by atoms with E-state index in [1.807, 2.05) is 6.07 Å². The van der Waals surface area contributed by atoms with Crippen LogP contribution in [0.4, 0.5) is 0 Å². The van der Waals surface area contributed by atoms with Gasteiger partial charge in [-0.1, -0.05) is 24.1 Å². The summed E-state index contributed by atoms with van der Waals surface area (Å²) >= 11 is 0. The SMILES string of the molecule is CC(C(=O)C#Cc1ccccc1)[N+](=O)[O-]. The molecule has 0 aliphatic rings. The Bertz CT molecular complexity index is 428. The van der Waals surface area contributed by atoms with Crippen molar-refractivity contribution in [2.75, 3.05) is 0 Å². The van der Waals surface area contributed by atoms with Crippen LogP contribution in [0, 0.1) is 22.0 Å². The van der Waals surface area contributed by atoms with Gasteiger partial charge in [-0.15, -0.1) is 0 Å². The van der Waals surface area contributed by atoms with E-state index < -0.39 is 16.7 Å². The summed E-state index contributed by atoms with van der Waals surface area (Å²) in [5.41, 5.74) is 0.668. The number of hydrogen-bond acceptors (Lipinski definition) is 3. The van der Waals surface area contributed by atoms with Crippen LogP contribution in [0.15, 0.2) is 30.3 Å². The third-order valence-electron chi connectivity index (χ3n) is 1.80. The number of nitrogens with zero attached hydrogens (tertiary/aromatic N) is 1. The second-order valence-electron chi connectivity index (χ2n) is 2.94. The van der Waals surface area contributed by atoms with Gasteiger partial charge in [0.25, 0.3) is 11.8 Å². The normalized spacial score (nSPS) is 11.0. The van der Waals surface area contributed by atoms with E-state index in [0.717, 1.165) is 0 Å². The van der Waals surface area contributed by atoms with E-state index in [1.165, 1.54) is 6.92 Å². The first-order chi connectivity index (χ1) is 7.11. The minimum absolute atomic E-state index is 0.651. The van der Waals surface area contributed by atoms with Crippen molar-refractivity contribution >= 4 is 5.78 Å². The minimum atomic E-state index is -1.26. The Morgan fingerprint density at radius 2 is 2.00 bits per heavy atom. The van der Waals surface area contributed by atoms with Crippen LogP contribution in [0.1, 0.15) is 12.5 Å². The molecule has 1 aromatic carbocycles. The first-order valence-corrected chi connectivity index (χ1v) is 4.35. The van der Waals surface area contributed by atoms with Crippen LogP contribution >= 0.6 is 0 Å². The zero-order valence-electron chi connectivity index (χ0n) is 8.14. The number of hydrogen-bond donors (Lipinski definition) is 0. The van der Waals surface area contributed by atoms with Gasteiger partial charge in [0.2, 0.25) is 0 Å². The summed E-state index contributed by atoms with van der Waals surface area (Å²) < 4.78 is 0. The molecule has 4 heteroatoms. The first kappa shape index (κ1) is 10.9. The third-order valence-corrected chi connectivity index (χ3v) is 1.80. The Morgan fingerprint density at radius 1 is 1.40 bits per heavy atom. The molecule has 1 atom stereocenters. The van der Waals surface area contributed by atoms with E-state index in [0.29, 0.717) is 5.56 Å². The summed E-state index contributed by atoms with van der Waals surface area (Å²) in [7, 11) is 0. The molecule has 0 radical (unpaired) electrons. The topological polar surface area (TPSA) is 60.2 Å². The molecule has 4 nitrogen and oxygen atoms in total. The molecule has 1 aromatic rings. The van der Waals surface area contributed by atoms with Gasteiger partial charge in [0.15, 0.2) is 0 Å². The largest absolute Gasteiger partial charge is 0.279 e. The van der Waals surface area contributed by atoms with Crippen molar-refractivity contribution in [3.8, 4) is 11.8 Å². The van der Waals surface area contributed by atoms with Crippen molar-refractivity contribution in [3.05, 3.63) is 46.0 Å². The molecular formula is C11H9NO3. The molecule has 0 amide bonds. The van der Waals surface area contributed by atoms with Gasteiger partial charge in [0.1, 0.15) is 0 Å².